The average Bonchev–Trinajstić information content (AvgIpc) is 2.32. The molecule has 18 heavy (non-hydrogen) atoms. The number of likely N-dealkylation sites (N-methyl/N-ethyl adjacent to an activating group) is 1. The number of hydrogen-bond acceptors (Lipinski definition) is 6. The summed E-state index contributed by atoms with van der Waals surface area (Å²) in [6, 6.07) is 0.148. The Balaban J connectivity index is 2.35. The summed E-state index contributed by atoms with van der Waals surface area (Å²) in [5, 5.41) is -0.0227. The summed E-state index contributed by atoms with van der Waals surface area (Å²) >= 11 is 5.77. The number of halogens is 2. The summed E-state index contributed by atoms with van der Waals surface area (Å²) in [6.07, 6.45) is 0. The smallest absolute Gasteiger partial charge is 0.226 e. The highest BCUT2D eigenvalue weighted by atomic mass is 35.5. The zero-order chi connectivity index (χ0) is 13.3. The van der Waals surface area contributed by atoms with E-state index in [-0.39, 0.29) is 23.0 Å². The molecule has 0 bridgehead atoms. The number of piperazine rings is 1. The Hall–Kier alpha value is -1.18. The fourth-order valence-corrected chi connectivity index (χ4v) is 2.31. The molecule has 1 atom stereocenters. The van der Waals surface area contributed by atoms with Crippen LogP contribution in [0.25, 0.3) is 0 Å². The molecule has 3 N–H and O–H groups in total. The highest BCUT2D eigenvalue weighted by Crippen LogP contribution is 2.26. The normalized spacial score (nSPS) is 21.2. The van der Waals surface area contributed by atoms with Crippen molar-refractivity contribution in [2.24, 2.45) is 5.84 Å². The lowest BCUT2D eigenvalue weighted by atomic mass is 10.2. The molecule has 6 nitrogen and oxygen atoms in total. The number of nitrogens with two attached hydrogens (primary N) is 1. The largest absolute Gasteiger partial charge is 0.349 e. The van der Waals surface area contributed by atoms with Crippen LogP contribution in [-0.2, 0) is 0 Å². The number of nitrogens with zero attached hydrogens (tertiary/aromatic N) is 4. The number of nitrogens with one attached hydrogen (secondary N) is 1. The molecule has 1 saturated heterocycles. The van der Waals surface area contributed by atoms with E-state index in [2.05, 4.69) is 20.3 Å². The van der Waals surface area contributed by atoms with Gasteiger partial charge in [0, 0.05) is 25.7 Å². The summed E-state index contributed by atoms with van der Waals surface area (Å²) < 4.78 is 14.1. The van der Waals surface area contributed by atoms with E-state index in [0.717, 1.165) is 13.1 Å². The van der Waals surface area contributed by atoms with Crippen molar-refractivity contribution in [2.75, 3.05) is 37.0 Å². The van der Waals surface area contributed by atoms with Gasteiger partial charge in [0.15, 0.2) is 11.6 Å². The van der Waals surface area contributed by atoms with Crippen molar-refractivity contribution in [1.29, 1.82) is 0 Å². The summed E-state index contributed by atoms with van der Waals surface area (Å²) in [6.45, 7) is 4.38. The SMILES string of the molecule is CC1CN(C)CCN1c1nc(Cl)nc(NN)c1F. The number of rotatable bonds is 2. The van der Waals surface area contributed by atoms with Gasteiger partial charge < -0.3 is 15.2 Å². The molecule has 2 rings (SSSR count). The number of anilines is 2. The third-order valence-electron chi connectivity index (χ3n) is 3.05. The second kappa shape index (κ2) is 5.21. The van der Waals surface area contributed by atoms with Crippen molar-refractivity contribution in [2.45, 2.75) is 13.0 Å². The number of nitrogen functional groups attached to an aromatic ring is 1. The Morgan fingerprint density at radius 1 is 1.44 bits per heavy atom. The van der Waals surface area contributed by atoms with Crippen molar-refractivity contribution >= 4 is 23.2 Å². The second-order valence-electron chi connectivity index (χ2n) is 4.43. The lowest BCUT2D eigenvalue weighted by Crippen LogP contribution is -2.51. The van der Waals surface area contributed by atoms with Crippen LogP contribution in [0.3, 0.4) is 0 Å². The maximum Gasteiger partial charge on any atom is 0.226 e. The van der Waals surface area contributed by atoms with Gasteiger partial charge in [-0.25, -0.2) is 5.84 Å². The maximum absolute atomic E-state index is 14.1. The third-order valence-corrected chi connectivity index (χ3v) is 3.21. The molecule has 100 valence electrons. The van der Waals surface area contributed by atoms with Crippen molar-refractivity contribution < 1.29 is 4.39 Å². The number of hydrogen-bond donors (Lipinski definition) is 2. The molecular weight excluding hydrogens is 259 g/mol. The molecule has 1 unspecified atom stereocenters. The summed E-state index contributed by atoms with van der Waals surface area (Å²) in [5.74, 6) is 4.75. The molecule has 1 aliphatic heterocycles. The minimum atomic E-state index is -0.571. The Bertz CT molecular complexity index is 443. The molecule has 2 heterocycles. The summed E-state index contributed by atoms with van der Waals surface area (Å²) in [5.41, 5.74) is 2.19. The van der Waals surface area contributed by atoms with E-state index in [0.29, 0.717) is 6.54 Å². The van der Waals surface area contributed by atoms with Gasteiger partial charge in [0.2, 0.25) is 11.1 Å². The Morgan fingerprint density at radius 2 is 2.17 bits per heavy atom. The van der Waals surface area contributed by atoms with Gasteiger partial charge in [0.25, 0.3) is 0 Å². The van der Waals surface area contributed by atoms with Crippen LogP contribution in [0.1, 0.15) is 6.92 Å². The number of aromatic nitrogens is 2. The van der Waals surface area contributed by atoms with Gasteiger partial charge >= 0.3 is 0 Å². The van der Waals surface area contributed by atoms with Crippen LogP contribution in [0, 0.1) is 5.82 Å². The molecule has 1 aromatic rings. The van der Waals surface area contributed by atoms with E-state index in [1.807, 2.05) is 18.9 Å². The summed E-state index contributed by atoms with van der Waals surface area (Å²) in [4.78, 5) is 11.7. The highest BCUT2D eigenvalue weighted by molar-refractivity contribution is 6.28. The molecule has 0 amide bonds. The quantitative estimate of drug-likeness (QED) is 0.470. The maximum atomic E-state index is 14.1. The van der Waals surface area contributed by atoms with E-state index < -0.39 is 5.82 Å². The molecule has 0 aromatic carbocycles. The predicted molar refractivity (Wildman–Crippen MR) is 69.1 cm³/mol. The van der Waals surface area contributed by atoms with Crippen LogP contribution in [0.5, 0.6) is 0 Å². The predicted octanol–water partition coefficient (Wildman–Crippen LogP) is 0.695. The Kier molecular flexibility index (Phi) is 3.84. The zero-order valence-electron chi connectivity index (χ0n) is 10.3. The molecule has 1 aliphatic rings. The van der Waals surface area contributed by atoms with E-state index in [1.54, 1.807) is 0 Å². The lowest BCUT2D eigenvalue weighted by Gasteiger charge is -2.39. The van der Waals surface area contributed by atoms with E-state index >= 15 is 0 Å². The topological polar surface area (TPSA) is 70.3 Å². The molecule has 0 spiro atoms. The van der Waals surface area contributed by atoms with E-state index in [4.69, 9.17) is 17.4 Å². The van der Waals surface area contributed by atoms with Gasteiger partial charge in [-0.1, -0.05) is 0 Å². The summed E-state index contributed by atoms with van der Waals surface area (Å²) in [7, 11) is 2.03. The molecule has 0 radical (unpaired) electrons. The lowest BCUT2D eigenvalue weighted by molar-refractivity contribution is 0.273. The fourth-order valence-electron chi connectivity index (χ4n) is 2.15. The Morgan fingerprint density at radius 3 is 2.78 bits per heavy atom. The minimum absolute atomic E-state index is 0.0227. The standard InChI is InChI=1S/C10H16ClFN6/c1-6-5-17(2)3-4-18(6)9-7(12)8(16-13)14-10(11)15-9/h6H,3-5,13H2,1-2H3,(H,14,15,16). The van der Waals surface area contributed by atoms with Crippen LogP contribution in [0.4, 0.5) is 16.0 Å². The van der Waals surface area contributed by atoms with Crippen molar-refractivity contribution in [3.63, 3.8) is 0 Å². The van der Waals surface area contributed by atoms with Gasteiger partial charge in [-0.15, -0.1) is 0 Å². The zero-order valence-corrected chi connectivity index (χ0v) is 11.1. The molecular formula is C10H16ClFN6. The van der Waals surface area contributed by atoms with Crippen LogP contribution < -0.4 is 16.2 Å². The van der Waals surface area contributed by atoms with Gasteiger partial charge in [0.1, 0.15) is 0 Å². The van der Waals surface area contributed by atoms with Crippen LogP contribution >= 0.6 is 11.6 Å². The Labute approximate surface area is 110 Å². The van der Waals surface area contributed by atoms with Crippen LogP contribution in [0.15, 0.2) is 0 Å². The van der Waals surface area contributed by atoms with Gasteiger partial charge in [-0.2, -0.15) is 14.4 Å². The first kappa shape index (κ1) is 13.3. The number of hydrazine groups is 1. The minimum Gasteiger partial charge on any atom is -0.349 e. The average molecular weight is 275 g/mol. The van der Waals surface area contributed by atoms with Crippen molar-refractivity contribution in [3.8, 4) is 0 Å². The molecule has 0 saturated carbocycles. The fraction of sp³-hybridized carbons (Fsp3) is 0.600. The molecule has 1 fully saturated rings. The van der Waals surface area contributed by atoms with Crippen molar-refractivity contribution in [3.05, 3.63) is 11.1 Å². The first-order chi connectivity index (χ1) is 8.52. The van der Waals surface area contributed by atoms with E-state index in [9.17, 15) is 4.39 Å². The molecule has 8 heteroatoms. The second-order valence-corrected chi connectivity index (χ2v) is 4.77. The van der Waals surface area contributed by atoms with Crippen LogP contribution in [-0.4, -0.2) is 47.6 Å². The van der Waals surface area contributed by atoms with Crippen LogP contribution in [0.2, 0.25) is 5.28 Å². The molecule has 1 aromatic heterocycles. The van der Waals surface area contributed by atoms with Gasteiger partial charge in [-0.05, 0) is 25.6 Å². The van der Waals surface area contributed by atoms with Crippen molar-refractivity contribution in [1.82, 2.24) is 14.9 Å². The first-order valence-electron chi connectivity index (χ1n) is 5.67. The monoisotopic (exact) mass is 274 g/mol. The molecule has 0 aliphatic carbocycles. The van der Waals surface area contributed by atoms with E-state index in [1.165, 1.54) is 0 Å². The third kappa shape index (κ3) is 2.47. The van der Waals surface area contributed by atoms with Gasteiger partial charge in [0.05, 0.1) is 0 Å². The first-order valence-corrected chi connectivity index (χ1v) is 6.05. The highest BCUT2D eigenvalue weighted by Gasteiger charge is 2.27. The van der Waals surface area contributed by atoms with Gasteiger partial charge in [-0.3, -0.25) is 0 Å².